The third kappa shape index (κ3) is 9.50. The van der Waals surface area contributed by atoms with Gasteiger partial charge in [0.2, 0.25) is 0 Å². The van der Waals surface area contributed by atoms with E-state index in [1.807, 2.05) is 83.1 Å². The first kappa shape index (κ1) is 29.7. The molecule has 0 amide bonds. The second-order valence-corrected chi connectivity index (χ2v) is 7.33. The van der Waals surface area contributed by atoms with Crippen molar-refractivity contribution >= 4 is 0 Å². The van der Waals surface area contributed by atoms with Gasteiger partial charge < -0.3 is 0 Å². The van der Waals surface area contributed by atoms with Crippen LogP contribution in [0.4, 0.5) is 0 Å². The Morgan fingerprint density at radius 3 is 1.44 bits per heavy atom. The van der Waals surface area contributed by atoms with Crippen LogP contribution in [0.1, 0.15) is 17.0 Å². The summed E-state index contributed by atoms with van der Waals surface area (Å²) in [5.41, 5.74) is 3.44. The Hall–Kier alpha value is -0.531. The maximum atomic E-state index is 4.82. The van der Waals surface area contributed by atoms with Crippen molar-refractivity contribution in [2.45, 2.75) is 6.54 Å². The van der Waals surface area contributed by atoms with Gasteiger partial charge in [-0.05, 0) is 127 Å². The molecule has 0 bridgehead atoms. The van der Waals surface area contributed by atoms with Gasteiger partial charge in [0.15, 0.2) is 0 Å². The average molecular weight is 526 g/mol. The van der Waals surface area contributed by atoms with E-state index in [-0.39, 0.29) is 34.1 Å². The molecule has 4 saturated carbocycles. The van der Waals surface area contributed by atoms with E-state index in [2.05, 4.69) is 73.5 Å². The summed E-state index contributed by atoms with van der Waals surface area (Å²) in [5, 5.41) is 4.82. The van der Waals surface area contributed by atoms with Gasteiger partial charge in [-0.25, -0.2) is 0 Å². The van der Waals surface area contributed by atoms with Crippen LogP contribution in [-0.2, 0) is 40.7 Å². The van der Waals surface area contributed by atoms with Crippen molar-refractivity contribution in [2.75, 3.05) is 0 Å². The summed E-state index contributed by atoms with van der Waals surface area (Å²) in [5.74, 6) is 2.38. The molecule has 1 aromatic carbocycles. The Morgan fingerprint density at radius 1 is 0.529 bits per heavy atom. The molecule has 2 aromatic rings. The zero-order valence-electron chi connectivity index (χ0n) is 18.7. The maximum absolute atomic E-state index is 4.82. The quantitative estimate of drug-likeness (QED) is 0.483. The summed E-state index contributed by atoms with van der Waals surface area (Å²) in [6, 6.07) is 12.6. The van der Waals surface area contributed by atoms with Crippen molar-refractivity contribution in [1.29, 1.82) is 0 Å². The Labute approximate surface area is 230 Å². The standard InChI is InChI=1S/C20H16N2.2C5H5.2Fe/c1-2-8-16(9-3-1)15-22-20(18-12-6-7-13-18)14-19(21-22)17-10-4-5-11-17;2*1-2-4-5-3-1;;/h1-14H,15H2;2*1-5H;;/q;;;2*+2. The Kier molecular flexibility index (Phi) is 14.9. The molecule has 4 heteroatoms. The Morgan fingerprint density at radius 2 is 0.971 bits per heavy atom. The minimum absolute atomic E-state index is 0. The molecule has 1 aromatic heterocycles. The predicted octanol–water partition coefficient (Wildman–Crippen LogP) is 5.48. The summed E-state index contributed by atoms with van der Waals surface area (Å²) in [4.78, 5) is 0. The largest absolute Gasteiger partial charge is 2.00 e. The van der Waals surface area contributed by atoms with Gasteiger partial charge in [0.1, 0.15) is 0 Å². The van der Waals surface area contributed by atoms with Crippen molar-refractivity contribution in [3.63, 3.8) is 0 Å². The monoisotopic (exact) mass is 526 g/mol. The van der Waals surface area contributed by atoms with Crippen molar-refractivity contribution in [1.82, 2.24) is 9.78 Å². The van der Waals surface area contributed by atoms with Gasteiger partial charge in [0.05, 0.1) is 12.2 Å². The molecule has 4 fully saturated rings. The minimum atomic E-state index is 0. The van der Waals surface area contributed by atoms with Crippen LogP contribution in [0.15, 0.2) is 36.4 Å². The molecular formula is C30H26Fe2N2+4. The molecule has 20 radical (unpaired) electrons. The number of aromatic nitrogens is 2. The molecule has 0 unspecified atom stereocenters. The predicted molar refractivity (Wildman–Crippen MR) is 130 cm³/mol. The third-order valence-electron chi connectivity index (χ3n) is 4.98. The summed E-state index contributed by atoms with van der Waals surface area (Å²) in [6.07, 6.45) is 36.7. The molecular weight excluding hydrogens is 500 g/mol. The van der Waals surface area contributed by atoms with Gasteiger partial charge in [0.25, 0.3) is 0 Å². The van der Waals surface area contributed by atoms with Gasteiger partial charge in [-0.2, -0.15) is 5.10 Å². The SMILES string of the molecule is [CH]1[CH][CH][CH][CH]1.[CH]1[CH][CH][CH][CH]1.[CH]1[CH][CH][C](c2cc([C]3[CH][CH][CH][CH]3)n(Cc3ccccc3)n2)[CH]1.[Fe+2].[Fe+2]. The van der Waals surface area contributed by atoms with Crippen molar-refractivity contribution < 1.29 is 34.1 Å². The fourth-order valence-electron chi connectivity index (χ4n) is 3.40. The second-order valence-electron chi connectivity index (χ2n) is 7.33. The van der Waals surface area contributed by atoms with Crippen molar-refractivity contribution in [3.8, 4) is 0 Å². The molecule has 34 heavy (non-hydrogen) atoms. The first-order chi connectivity index (χ1) is 15.9. The molecule has 4 aliphatic carbocycles. The molecule has 168 valence electrons. The number of nitrogens with zero attached hydrogens (tertiary/aromatic N) is 2. The Bertz CT molecular complexity index is 728. The van der Waals surface area contributed by atoms with E-state index in [1.165, 1.54) is 17.4 Å². The van der Waals surface area contributed by atoms with E-state index >= 15 is 0 Å². The summed E-state index contributed by atoms with van der Waals surface area (Å²) < 4.78 is 2.09. The molecule has 0 aliphatic heterocycles. The molecule has 0 saturated heterocycles. The molecule has 2 nitrogen and oxygen atoms in total. The van der Waals surface area contributed by atoms with Crippen LogP contribution in [0.3, 0.4) is 0 Å². The summed E-state index contributed by atoms with van der Waals surface area (Å²) in [7, 11) is 0. The molecule has 0 N–H and O–H groups in total. The van der Waals surface area contributed by atoms with Crippen LogP contribution in [0.25, 0.3) is 0 Å². The van der Waals surface area contributed by atoms with Gasteiger partial charge in [-0.15, -0.1) is 0 Å². The zero-order valence-corrected chi connectivity index (χ0v) is 20.9. The minimum Gasteiger partial charge on any atom is -0.264 e. The molecule has 1 heterocycles. The van der Waals surface area contributed by atoms with Gasteiger partial charge in [0, 0.05) is 17.5 Å². The van der Waals surface area contributed by atoms with Crippen molar-refractivity contribution in [2.24, 2.45) is 0 Å². The van der Waals surface area contributed by atoms with Crippen LogP contribution in [0.2, 0.25) is 0 Å². The fourth-order valence-corrected chi connectivity index (χ4v) is 3.40. The average Bonchev–Trinajstić information content (AvgIpc) is 3.68. The molecule has 6 rings (SSSR count). The molecule has 0 atom stereocenters. The molecule has 0 spiro atoms. The van der Waals surface area contributed by atoms with E-state index in [0.717, 1.165) is 17.9 Å². The zero-order chi connectivity index (χ0) is 21.8. The summed E-state index contributed by atoms with van der Waals surface area (Å²) >= 11 is 0. The van der Waals surface area contributed by atoms with Gasteiger partial charge >= 0.3 is 34.1 Å². The van der Waals surface area contributed by atoms with E-state index in [4.69, 9.17) is 5.10 Å². The first-order valence-corrected chi connectivity index (χ1v) is 10.8. The van der Waals surface area contributed by atoms with E-state index < -0.39 is 0 Å². The maximum Gasteiger partial charge on any atom is 2.00 e. The first-order valence-electron chi connectivity index (χ1n) is 10.8. The van der Waals surface area contributed by atoms with Crippen LogP contribution in [0.5, 0.6) is 0 Å². The van der Waals surface area contributed by atoms with Gasteiger partial charge in [-0.3, -0.25) is 4.68 Å². The van der Waals surface area contributed by atoms with E-state index in [9.17, 15) is 0 Å². The third-order valence-corrected chi connectivity index (χ3v) is 4.98. The van der Waals surface area contributed by atoms with Crippen LogP contribution in [-0.4, -0.2) is 9.78 Å². The van der Waals surface area contributed by atoms with Gasteiger partial charge in [-0.1, -0.05) is 30.3 Å². The number of hydrogen-bond donors (Lipinski definition) is 0. The topological polar surface area (TPSA) is 17.8 Å². The van der Waals surface area contributed by atoms with E-state index in [1.54, 1.807) is 0 Å². The molecule has 4 aliphatic rings. The van der Waals surface area contributed by atoms with Crippen LogP contribution in [0, 0.1) is 127 Å². The van der Waals surface area contributed by atoms with E-state index in [0.29, 0.717) is 0 Å². The fraction of sp³-hybridized carbons (Fsp3) is 0.0333. The number of hydrogen-bond acceptors (Lipinski definition) is 1. The number of benzene rings is 1. The normalized spacial score (nSPS) is 20.0. The van der Waals surface area contributed by atoms with Crippen LogP contribution < -0.4 is 0 Å². The summed E-state index contributed by atoms with van der Waals surface area (Å²) in [6.45, 7) is 0.780. The number of rotatable bonds is 4. The van der Waals surface area contributed by atoms with Crippen LogP contribution >= 0.6 is 0 Å². The second kappa shape index (κ2) is 17.0. The Balaban J connectivity index is 0.000000283. The van der Waals surface area contributed by atoms with Crippen molar-refractivity contribution in [3.05, 3.63) is 181 Å². The smallest absolute Gasteiger partial charge is 0.264 e.